The van der Waals surface area contributed by atoms with Crippen LogP contribution in [0.1, 0.15) is 26.0 Å². The minimum Gasteiger partial charge on any atom is -0.447 e. The molecule has 1 rings (SSSR count). The summed E-state index contributed by atoms with van der Waals surface area (Å²) in [5.74, 6) is 0.842. The van der Waals surface area contributed by atoms with Gasteiger partial charge in [0.15, 0.2) is 6.39 Å². The lowest BCUT2D eigenvalue weighted by atomic mass is 10.3. The standard InChI is InChI=1S/C10H17N3O2/c1-8(2)13-10(14)3-4-11-5-9-6-12-7-15-9/h6-8,11H,3-5H2,1-2H3,(H,13,14). The van der Waals surface area contributed by atoms with E-state index in [0.29, 0.717) is 19.5 Å². The first kappa shape index (κ1) is 11.7. The summed E-state index contributed by atoms with van der Waals surface area (Å²) in [7, 11) is 0. The number of hydrogen-bond acceptors (Lipinski definition) is 4. The van der Waals surface area contributed by atoms with Gasteiger partial charge in [0.05, 0.1) is 12.7 Å². The Morgan fingerprint density at radius 3 is 3.00 bits per heavy atom. The zero-order valence-electron chi connectivity index (χ0n) is 9.12. The molecule has 1 aromatic rings. The molecule has 5 nitrogen and oxygen atoms in total. The molecule has 1 aromatic heterocycles. The highest BCUT2D eigenvalue weighted by Gasteiger charge is 2.02. The van der Waals surface area contributed by atoms with Crippen molar-refractivity contribution in [3.63, 3.8) is 0 Å². The Morgan fingerprint density at radius 2 is 2.40 bits per heavy atom. The van der Waals surface area contributed by atoms with Crippen LogP contribution in [-0.2, 0) is 11.3 Å². The van der Waals surface area contributed by atoms with E-state index in [1.807, 2.05) is 13.8 Å². The predicted molar refractivity (Wildman–Crippen MR) is 56.1 cm³/mol. The number of rotatable bonds is 6. The third-order valence-electron chi connectivity index (χ3n) is 1.76. The second-order valence-electron chi connectivity index (χ2n) is 3.62. The van der Waals surface area contributed by atoms with E-state index in [-0.39, 0.29) is 11.9 Å². The largest absolute Gasteiger partial charge is 0.447 e. The van der Waals surface area contributed by atoms with E-state index in [0.717, 1.165) is 5.76 Å². The summed E-state index contributed by atoms with van der Waals surface area (Å²) in [6.07, 6.45) is 3.52. The van der Waals surface area contributed by atoms with Gasteiger partial charge in [-0.25, -0.2) is 4.98 Å². The Bertz CT molecular complexity index is 283. The monoisotopic (exact) mass is 211 g/mol. The van der Waals surface area contributed by atoms with Gasteiger partial charge in [0.1, 0.15) is 5.76 Å². The predicted octanol–water partition coefficient (Wildman–Crippen LogP) is 0.679. The van der Waals surface area contributed by atoms with E-state index < -0.39 is 0 Å². The molecule has 0 atom stereocenters. The Hall–Kier alpha value is -1.36. The summed E-state index contributed by atoms with van der Waals surface area (Å²) in [6, 6.07) is 0.201. The van der Waals surface area contributed by atoms with Crippen LogP contribution >= 0.6 is 0 Å². The second-order valence-corrected chi connectivity index (χ2v) is 3.62. The lowest BCUT2D eigenvalue weighted by molar-refractivity contribution is -0.121. The Kier molecular flexibility index (Phi) is 4.83. The van der Waals surface area contributed by atoms with Gasteiger partial charge in [0.25, 0.3) is 0 Å². The molecule has 1 amide bonds. The molecule has 0 spiro atoms. The first-order valence-corrected chi connectivity index (χ1v) is 5.06. The van der Waals surface area contributed by atoms with Crippen molar-refractivity contribution in [3.8, 4) is 0 Å². The number of nitrogens with one attached hydrogen (secondary N) is 2. The average Bonchev–Trinajstić information content (AvgIpc) is 2.63. The number of aromatic nitrogens is 1. The topological polar surface area (TPSA) is 67.2 Å². The van der Waals surface area contributed by atoms with E-state index in [4.69, 9.17) is 4.42 Å². The van der Waals surface area contributed by atoms with Crippen LogP contribution in [0.25, 0.3) is 0 Å². The van der Waals surface area contributed by atoms with Crippen molar-refractivity contribution in [2.75, 3.05) is 6.54 Å². The van der Waals surface area contributed by atoms with Gasteiger partial charge in [-0.2, -0.15) is 0 Å². The molecule has 0 bridgehead atoms. The number of amides is 1. The zero-order valence-corrected chi connectivity index (χ0v) is 9.12. The van der Waals surface area contributed by atoms with E-state index >= 15 is 0 Å². The molecular formula is C10H17N3O2. The van der Waals surface area contributed by atoms with Crippen molar-refractivity contribution in [1.82, 2.24) is 15.6 Å². The Morgan fingerprint density at radius 1 is 1.60 bits per heavy atom. The smallest absolute Gasteiger partial charge is 0.221 e. The van der Waals surface area contributed by atoms with Crippen molar-refractivity contribution in [2.45, 2.75) is 32.9 Å². The molecule has 0 aliphatic rings. The molecular weight excluding hydrogens is 194 g/mol. The van der Waals surface area contributed by atoms with E-state index in [2.05, 4.69) is 15.6 Å². The van der Waals surface area contributed by atoms with Crippen LogP contribution in [0.4, 0.5) is 0 Å². The summed E-state index contributed by atoms with van der Waals surface area (Å²) in [6.45, 7) is 5.13. The quantitative estimate of drug-likeness (QED) is 0.679. The maximum Gasteiger partial charge on any atom is 0.221 e. The normalized spacial score (nSPS) is 10.6. The zero-order chi connectivity index (χ0) is 11.1. The molecule has 0 aromatic carbocycles. The average molecular weight is 211 g/mol. The van der Waals surface area contributed by atoms with Gasteiger partial charge in [-0.05, 0) is 13.8 Å². The summed E-state index contributed by atoms with van der Waals surface area (Å²) in [5, 5.41) is 5.92. The minimum atomic E-state index is 0.0649. The molecule has 0 aliphatic carbocycles. The highest BCUT2D eigenvalue weighted by molar-refractivity contribution is 5.76. The number of hydrogen-bond donors (Lipinski definition) is 2. The molecule has 0 fully saturated rings. The fourth-order valence-corrected chi connectivity index (χ4v) is 1.14. The third-order valence-corrected chi connectivity index (χ3v) is 1.76. The second kappa shape index (κ2) is 6.19. The molecule has 5 heteroatoms. The molecule has 0 unspecified atom stereocenters. The number of carbonyl (C=O) groups is 1. The maximum atomic E-state index is 11.2. The van der Waals surface area contributed by atoms with Gasteiger partial charge >= 0.3 is 0 Å². The van der Waals surface area contributed by atoms with Crippen molar-refractivity contribution in [1.29, 1.82) is 0 Å². The first-order chi connectivity index (χ1) is 7.18. The molecule has 0 radical (unpaired) electrons. The molecule has 2 N–H and O–H groups in total. The van der Waals surface area contributed by atoms with Crippen LogP contribution in [0.2, 0.25) is 0 Å². The molecule has 0 saturated heterocycles. The van der Waals surface area contributed by atoms with Crippen LogP contribution in [0, 0.1) is 0 Å². The number of oxazole rings is 1. The van der Waals surface area contributed by atoms with Crippen LogP contribution in [-0.4, -0.2) is 23.5 Å². The van der Waals surface area contributed by atoms with Crippen LogP contribution in [0.15, 0.2) is 17.0 Å². The third kappa shape index (κ3) is 5.17. The minimum absolute atomic E-state index is 0.0649. The van der Waals surface area contributed by atoms with Gasteiger partial charge in [-0.3, -0.25) is 4.79 Å². The lowest BCUT2D eigenvalue weighted by Gasteiger charge is -2.08. The molecule has 15 heavy (non-hydrogen) atoms. The first-order valence-electron chi connectivity index (χ1n) is 5.06. The van der Waals surface area contributed by atoms with Gasteiger partial charge in [-0.1, -0.05) is 0 Å². The summed E-state index contributed by atoms with van der Waals surface area (Å²) >= 11 is 0. The maximum absolute atomic E-state index is 11.2. The molecule has 84 valence electrons. The number of nitrogens with zero attached hydrogens (tertiary/aromatic N) is 1. The van der Waals surface area contributed by atoms with Crippen LogP contribution < -0.4 is 10.6 Å². The fraction of sp³-hybridized carbons (Fsp3) is 0.600. The van der Waals surface area contributed by atoms with Crippen molar-refractivity contribution in [3.05, 3.63) is 18.4 Å². The summed E-state index contributed by atoms with van der Waals surface area (Å²) in [4.78, 5) is 15.0. The summed E-state index contributed by atoms with van der Waals surface area (Å²) < 4.78 is 5.03. The SMILES string of the molecule is CC(C)NC(=O)CCNCc1cnco1. The Balaban J connectivity index is 2.04. The Labute approximate surface area is 89.3 Å². The fourth-order valence-electron chi connectivity index (χ4n) is 1.14. The summed E-state index contributed by atoms with van der Waals surface area (Å²) in [5.41, 5.74) is 0. The van der Waals surface area contributed by atoms with Crippen molar-refractivity contribution < 1.29 is 9.21 Å². The van der Waals surface area contributed by atoms with Gasteiger partial charge < -0.3 is 15.1 Å². The number of carbonyl (C=O) groups excluding carboxylic acids is 1. The van der Waals surface area contributed by atoms with Crippen LogP contribution in [0.3, 0.4) is 0 Å². The highest BCUT2D eigenvalue weighted by Crippen LogP contribution is 1.94. The van der Waals surface area contributed by atoms with Crippen molar-refractivity contribution in [2.24, 2.45) is 0 Å². The van der Waals surface area contributed by atoms with E-state index in [1.54, 1.807) is 6.20 Å². The van der Waals surface area contributed by atoms with Gasteiger partial charge in [-0.15, -0.1) is 0 Å². The van der Waals surface area contributed by atoms with Gasteiger partial charge in [0.2, 0.25) is 5.91 Å². The van der Waals surface area contributed by atoms with E-state index in [1.165, 1.54) is 6.39 Å². The molecule has 0 aliphatic heterocycles. The van der Waals surface area contributed by atoms with E-state index in [9.17, 15) is 4.79 Å². The highest BCUT2D eigenvalue weighted by atomic mass is 16.3. The molecule has 0 saturated carbocycles. The van der Waals surface area contributed by atoms with Crippen LogP contribution in [0.5, 0.6) is 0 Å². The lowest BCUT2D eigenvalue weighted by Crippen LogP contribution is -2.32. The van der Waals surface area contributed by atoms with Gasteiger partial charge in [0, 0.05) is 19.0 Å². The molecule has 1 heterocycles. The van der Waals surface area contributed by atoms with Crippen molar-refractivity contribution >= 4 is 5.91 Å².